The number of hydrazone groups is 1. The van der Waals surface area contributed by atoms with Crippen molar-refractivity contribution < 1.29 is 13.3 Å². The number of para-hydroxylation sites is 1. The quantitative estimate of drug-likeness (QED) is 0.516. The van der Waals surface area contributed by atoms with Gasteiger partial charge in [-0.25, -0.2) is 4.83 Å². The number of hydrogen-bond acceptors (Lipinski definition) is 5. The highest BCUT2D eigenvalue weighted by molar-refractivity contribution is 7.89. The summed E-state index contributed by atoms with van der Waals surface area (Å²) in [5.74, 6) is 0. The van der Waals surface area contributed by atoms with E-state index in [0.29, 0.717) is 0 Å². The molecule has 0 atom stereocenters. The molecule has 0 fully saturated rings. The number of nitrogens with zero attached hydrogens (tertiary/aromatic N) is 2. The van der Waals surface area contributed by atoms with Crippen molar-refractivity contribution >= 4 is 21.9 Å². The topological polar surface area (TPSA) is 102 Å². The minimum absolute atomic E-state index is 0.0836. The van der Waals surface area contributed by atoms with Gasteiger partial charge in [0.1, 0.15) is 0 Å². The van der Waals surface area contributed by atoms with Crippen LogP contribution < -0.4 is 4.83 Å². The van der Waals surface area contributed by atoms with Crippen molar-refractivity contribution in [3.63, 3.8) is 0 Å². The van der Waals surface area contributed by atoms with E-state index in [9.17, 15) is 18.5 Å². The Labute approximate surface area is 133 Å². The van der Waals surface area contributed by atoms with E-state index < -0.39 is 14.9 Å². The SMILES string of the molecule is Cc1ccc(S(=O)(=O)N/N=C/c2ccccc2[N+](=O)[O-])cc1C. The molecule has 0 spiro atoms. The minimum Gasteiger partial charge on any atom is -0.258 e. The van der Waals surface area contributed by atoms with Gasteiger partial charge in [-0.3, -0.25) is 10.1 Å². The number of benzene rings is 2. The summed E-state index contributed by atoms with van der Waals surface area (Å²) in [5.41, 5.74) is 1.88. The van der Waals surface area contributed by atoms with Crippen molar-refractivity contribution in [1.82, 2.24) is 4.83 Å². The molecule has 0 aliphatic heterocycles. The molecule has 0 amide bonds. The average Bonchev–Trinajstić information content (AvgIpc) is 2.50. The van der Waals surface area contributed by atoms with Crippen LogP contribution in [0.4, 0.5) is 5.69 Å². The van der Waals surface area contributed by atoms with Crippen molar-refractivity contribution in [2.24, 2.45) is 5.10 Å². The van der Waals surface area contributed by atoms with Gasteiger partial charge in [0.05, 0.1) is 21.6 Å². The average molecular weight is 333 g/mol. The molecule has 0 saturated heterocycles. The highest BCUT2D eigenvalue weighted by Gasteiger charge is 2.14. The monoisotopic (exact) mass is 333 g/mol. The van der Waals surface area contributed by atoms with Gasteiger partial charge in [0.25, 0.3) is 15.7 Å². The molecule has 0 aliphatic rings. The number of hydrogen-bond donors (Lipinski definition) is 1. The van der Waals surface area contributed by atoms with Crippen molar-refractivity contribution in [2.45, 2.75) is 18.7 Å². The molecule has 8 heteroatoms. The predicted molar refractivity (Wildman–Crippen MR) is 86.9 cm³/mol. The second kappa shape index (κ2) is 6.57. The smallest absolute Gasteiger partial charge is 0.258 e. The summed E-state index contributed by atoms with van der Waals surface area (Å²) in [7, 11) is -3.82. The summed E-state index contributed by atoms with van der Waals surface area (Å²) in [5, 5.41) is 14.5. The lowest BCUT2D eigenvalue weighted by atomic mass is 10.1. The number of nitrogens with one attached hydrogen (secondary N) is 1. The molecule has 0 heterocycles. The molecule has 7 nitrogen and oxygen atoms in total. The van der Waals surface area contributed by atoms with Crippen LogP contribution in [0.3, 0.4) is 0 Å². The van der Waals surface area contributed by atoms with Crippen LogP contribution in [0.25, 0.3) is 0 Å². The fourth-order valence-electron chi connectivity index (χ4n) is 1.86. The van der Waals surface area contributed by atoms with Gasteiger partial charge < -0.3 is 0 Å². The lowest BCUT2D eigenvalue weighted by molar-refractivity contribution is -0.385. The summed E-state index contributed by atoms with van der Waals surface area (Å²) in [6.45, 7) is 3.69. The van der Waals surface area contributed by atoms with Crippen LogP contribution in [-0.4, -0.2) is 19.6 Å². The van der Waals surface area contributed by atoms with Gasteiger partial charge >= 0.3 is 0 Å². The molecule has 2 aromatic carbocycles. The van der Waals surface area contributed by atoms with E-state index in [1.54, 1.807) is 12.1 Å². The number of rotatable bonds is 5. The first-order valence-electron chi connectivity index (χ1n) is 6.67. The van der Waals surface area contributed by atoms with Crippen molar-refractivity contribution in [3.8, 4) is 0 Å². The van der Waals surface area contributed by atoms with Crippen molar-refractivity contribution in [2.75, 3.05) is 0 Å². The highest BCUT2D eigenvalue weighted by atomic mass is 32.2. The maximum absolute atomic E-state index is 12.1. The Kier molecular flexibility index (Phi) is 4.75. The molecule has 0 radical (unpaired) electrons. The Morgan fingerprint density at radius 3 is 2.48 bits per heavy atom. The summed E-state index contributed by atoms with van der Waals surface area (Å²) in [4.78, 5) is 12.5. The van der Waals surface area contributed by atoms with E-state index in [1.165, 1.54) is 30.3 Å². The van der Waals surface area contributed by atoms with Crippen molar-refractivity contribution in [1.29, 1.82) is 0 Å². The van der Waals surface area contributed by atoms with Gasteiger partial charge in [0.15, 0.2) is 0 Å². The molecule has 2 rings (SSSR count). The van der Waals surface area contributed by atoms with Crippen molar-refractivity contribution in [3.05, 3.63) is 69.3 Å². The van der Waals surface area contributed by atoms with E-state index in [4.69, 9.17) is 0 Å². The normalized spacial score (nSPS) is 11.6. The van der Waals surface area contributed by atoms with Gasteiger partial charge in [-0.05, 0) is 43.2 Å². The first-order chi connectivity index (χ1) is 10.8. The predicted octanol–water partition coefficient (Wildman–Crippen LogP) is 2.52. The zero-order chi connectivity index (χ0) is 17.0. The van der Waals surface area contributed by atoms with Gasteiger partial charge in [-0.15, -0.1) is 0 Å². The van der Waals surface area contributed by atoms with Crippen LogP contribution in [0, 0.1) is 24.0 Å². The second-order valence-electron chi connectivity index (χ2n) is 4.91. The van der Waals surface area contributed by atoms with Crippen LogP contribution >= 0.6 is 0 Å². The zero-order valence-corrected chi connectivity index (χ0v) is 13.4. The molecular weight excluding hydrogens is 318 g/mol. The third kappa shape index (κ3) is 3.92. The third-order valence-corrected chi connectivity index (χ3v) is 4.52. The summed E-state index contributed by atoms with van der Waals surface area (Å²) < 4.78 is 24.3. The zero-order valence-electron chi connectivity index (χ0n) is 12.6. The van der Waals surface area contributed by atoms with Gasteiger partial charge in [0.2, 0.25) is 0 Å². The number of nitro benzene ring substituents is 1. The van der Waals surface area contributed by atoms with Crippen LogP contribution in [-0.2, 0) is 10.0 Å². The van der Waals surface area contributed by atoms with Crippen LogP contribution in [0.5, 0.6) is 0 Å². The standard InChI is InChI=1S/C15H15N3O4S/c1-11-7-8-14(9-12(11)2)23(21,22)17-16-10-13-5-3-4-6-15(13)18(19)20/h3-10,17H,1-2H3/b16-10+. The molecule has 0 aromatic heterocycles. The largest absolute Gasteiger partial charge is 0.278 e. The molecule has 2 aromatic rings. The van der Waals surface area contributed by atoms with Crippen LogP contribution in [0.2, 0.25) is 0 Å². The fourth-order valence-corrected chi connectivity index (χ4v) is 2.74. The van der Waals surface area contributed by atoms with E-state index in [1.807, 2.05) is 13.8 Å². The lowest BCUT2D eigenvalue weighted by Gasteiger charge is -2.06. The highest BCUT2D eigenvalue weighted by Crippen LogP contribution is 2.16. The van der Waals surface area contributed by atoms with Gasteiger partial charge in [-0.2, -0.15) is 13.5 Å². The molecular formula is C15H15N3O4S. The molecule has 1 N–H and O–H groups in total. The Bertz CT molecular complexity index is 876. The number of aryl methyl sites for hydroxylation is 2. The molecule has 0 unspecified atom stereocenters. The van der Waals surface area contributed by atoms with Gasteiger partial charge in [0, 0.05) is 6.07 Å². The molecule has 0 aliphatic carbocycles. The second-order valence-corrected chi connectivity index (χ2v) is 6.58. The van der Waals surface area contributed by atoms with E-state index in [2.05, 4.69) is 9.93 Å². The summed E-state index contributed by atoms with van der Waals surface area (Å²) in [6, 6.07) is 10.6. The Morgan fingerprint density at radius 2 is 1.83 bits per heavy atom. The molecule has 23 heavy (non-hydrogen) atoms. The number of nitro groups is 1. The molecule has 0 bridgehead atoms. The molecule has 120 valence electrons. The summed E-state index contributed by atoms with van der Waals surface area (Å²) >= 11 is 0. The Morgan fingerprint density at radius 1 is 1.13 bits per heavy atom. The fraction of sp³-hybridized carbons (Fsp3) is 0.133. The van der Waals surface area contributed by atoms with Gasteiger partial charge in [-0.1, -0.05) is 18.2 Å². The first-order valence-corrected chi connectivity index (χ1v) is 8.15. The van der Waals surface area contributed by atoms with Crippen LogP contribution in [0.1, 0.15) is 16.7 Å². The number of sulfonamides is 1. The van der Waals surface area contributed by atoms with E-state index in [0.717, 1.165) is 17.3 Å². The van der Waals surface area contributed by atoms with E-state index >= 15 is 0 Å². The lowest BCUT2D eigenvalue weighted by Crippen LogP contribution is -2.18. The van der Waals surface area contributed by atoms with E-state index in [-0.39, 0.29) is 16.1 Å². The Hall–Kier alpha value is -2.74. The van der Waals surface area contributed by atoms with Crippen LogP contribution in [0.15, 0.2) is 52.5 Å². The summed E-state index contributed by atoms with van der Waals surface area (Å²) in [6.07, 6.45) is 1.11. The minimum atomic E-state index is -3.82. The Balaban J connectivity index is 2.22. The molecule has 0 saturated carbocycles. The maximum atomic E-state index is 12.1. The first kappa shape index (κ1) is 16.6. The maximum Gasteiger partial charge on any atom is 0.278 e. The third-order valence-electron chi connectivity index (χ3n) is 3.30.